The molecule has 0 spiro atoms. The van der Waals surface area contributed by atoms with Crippen molar-refractivity contribution in [3.05, 3.63) is 28.8 Å². The quantitative estimate of drug-likeness (QED) is 0.583. The van der Waals surface area contributed by atoms with E-state index in [1.165, 1.54) is 0 Å². The van der Waals surface area contributed by atoms with Crippen molar-refractivity contribution in [2.24, 2.45) is 0 Å². The molecule has 0 atom stereocenters. The summed E-state index contributed by atoms with van der Waals surface area (Å²) in [5.41, 5.74) is -1.44. The molecule has 0 amide bonds. The highest BCUT2D eigenvalue weighted by atomic mass is 35.5. The zero-order valence-electron chi connectivity index (χ0n) is 6.81. The Hall–Kier alpha value is -1.10. The number of aldehydes is 1. The van der Waals surface area contributed by atoms with E-state index in [2.05, 4.69) is 4.98 Å². The Morgan fingerprint density at radius 2 is 2.21 bits per heavy atom. The van der Waals surface area contributed by atoms with Gasteiger partial charge in [0.25, 0.3) is 6.43 Å². The van der Waals surface area contributed by atoms with Gasteiger partial charge in [-0.15, -0.1) is 11.6 Å². The second kappa shape index (κ2) is 4.41. The van der Waals surface area contributed by atoms with Crippen LogP contribution < -0.4 is 0 Å². The number of carbonyl (C=O) groups is 1. The first-order chi connectivity index (χ1) is 6.60. The van der Waals surface area contributed by atoms with Crippen molar-refractivity contribution < 1.29 is 18.0 Å². The molecule has 0 fully saturated rings. The first kappa shape index (κ1) is 11.0. The Labute approximate surface area is 82.7 Å². The van der Waals surface area contributed by atoms with Crippen LogP contribution in [-0.2, 0) is 5.88 Å². The number of halogens is 4. The summed E-state index contributed by atoms with van der Waals surface area (Å²) in [5.74, 6) is -1.51. The third kappa shape index (κ3) is 2.04. The van der Waals surface area contributed by atoms with E-state index in [-0.39, 0.29) is 23.6 Å². The van der Waals surface area contributed by atoms with Gasteiger partial charge < -0.3 is 0 Å². The third-order valence-corrected chi connectivity index (χ3v) is 1.81. The standard InChI is InChI=1S/C8H5ClF3NO/c9-2-6-7(10)5(8(11)12)1-4(3-14)13-6/h1,3,8H,2H2. The summed E-state index contributed by atoms with van der Waals surface area (Å²) >= 11 is 5.27. The lowest BCUT2D eigenvalue weighted by Gasteiger charge is -2.05. The average molecular weight is 224 g/mol. The van der Waals surface area contributed by atoms with Gasteiger partial charge in [0.05, 0.1) is 17.1 Å². The number of pyridine rings is 1. The monoisotopic (exact) mass is 223 g/mol. The van der Waals surface area contributed by atoms with E-state index < -0.39 is 17.8 Å². The minimum Gasteiger partial charge on any atom is -0.296 e. The van der Waals surface area contributed by atoms with Crippen molar-refractivity contribution in [1.29, 1.82) is 0 Å². The molecule has 0 unspecified atom stereocenters. The molecule has 1 heterocycles. The van der Waals surface area contributed by atoms with Gasteiger partial charge in [0.1, 0.15) is 5.69 Å². The van der Waals surface area contributed by atoms with Gasteiger partial charge in [-0.05, 0) is 6.07 Å². The maximum atomic E-state index is 13.1. The molecule has 0 aliphatic heterocycles. The number of hydrogen-bond donors (Lipinski definition) is 0. The molecule has 14 heavy (non-hydrogen) atoms. The number of aromatic nitrogens is 1. The highest BCUT2D eigenvalue weighted by Crippen LogP contribution is 2.24. The van der Waals surface area contributed by atoms with Crippen LogP contribution >= 0.6 is 11.6 Å². The number of alkyl halides is 3. The summed E-state index contributed by atoms with van der Waals surface area (Å²) in [4.78, 5) is 13.7. The lowest BCUT2D eigenvalue weighted by molar-refractivity contribution is 0.111. The van der Waals surface area contributed by atoms with Crippen LogP contribution in [0.5, 0.6) is 0 Å². The van der Waals surface area contributed by atoms with Crippen LogP contribution in [0, 0.1) is 5.82 Å². The van der Waals surface area contributed by atoms with Crippen molar-refractivity contribution in [3.63, 3.8) is 0 Å². The molecule has 0 bridgehead atoms. The third-order valence-electron chi connectivity index (χ3n) is 1.56. The van der Waals surface area contributed by atoms with Crippen LogP contribution in [0.15, 0.2) is 6.07 Å². The predicted octanol–water partition coefficient (Wildman–Crippen LogP) is 2.71. The molecule has 2 nitrogen and oxygen atoms in total. The fourth-order valence-electron chi connectivity index (χ4n) is 0.934. The van der Waals surface area contributed by atoms with Crippen molar-refractivity contribution in [2.45, 2.75) is 12.3 Å². The summed E-state index contributed by atoms with van der Waals surface area (Å²) in [6.45, 7) is 0. The molecule has 0 aliphatic rings. The van der Waals surface area contributed by atoms with Crippen molar-refractivity contribution in [3.8, 4) is 0 Å². The molecule has 0 radical (unpaired) electrons. The van der Waals surface area contributed by atoms with Gasteiger partial charge in [0.2, 0.25) is 0 Å². The van der Waals surface area contributed by atoms with Crippen molar-refractivity contribution >= 4 is 17.9 Å². The Balaban J connectivity index is 3.34. The fourth-order valence-corrected chi connectivity index (χ4v) is 1.11. The van der Waals surface area contributed by atoms with E-state index in [0.717, 1.165) is 0 Å². The first-order valence-corrected chi connectivity index (χ1v) is 4.12. The molecule has 1 aromatic rings. The van der Waals surface area contributed by atoms with Crippen molar-refractivity contribution in [2.75, 3.05) is 0 Å². The number of hydrogen-bond acceptors (Lipinski definition) is 2. The second-order valence-corrected chi connectivity index (χ2v) is 2.72. The van der Waals surface area contributed by atoms with E-state index in [9.17, 15) is 18.0 Å². The van der Waals surface area contributed by atoms with Gasteiger partial charge >= 0.3 is 0 Å². The van der Waals surface area contributed by atoms with Gasteiger partial charge in [-0.1, -0.05) is 0 Å². The largest absolute Gasteiger partial charge is 0.296 e. The summed E-state index contributed by atoms with van der Waals surface area (Å²) < 4.78 is 37.6. The van der Waals surface area contributed by atoms with E-state index in [0.29, 0.717) is 6.07 Å². The van der Waals surface area contributed by atoms with Gasteiger partial charge in [0.15, 0.2) is 12.1 Å². The molecule has 0 N–H and O–H groups in total. The minimum absolute atomic E-state index is 0.252. The van der Waals surface area contributed by atoms with Crippen LogP contribution in [-0.4, -0.2) is 11.3 Å². The summed E-state index contributed by atoms with van der Waals surface area (Å²) in [7, 11) is 0. The maximum Gasteiger partial charge on any atom is 0.266 e. The average Bonchev–Trinajstić information content (AvgIpc) is 2.17. The zero-order chi connectivity index (χ0) is 10.7. The molecule has 76 valence electrons. The summed E-state index contributed by atoms with van der Waals surface area (Å²) in [5, 5.41) is 0. The Bertz CT molecular complexity index is 357. The molecule has 0 saturated heterocycles. The lowest BCUT2D eigenvalue weighted by Crippen LogP contribution is -2.02. The van der Waals surface area contributed by atoms with Gasteiger partial charge in [-0.2, -0.15) is 0 Å². The van der Waals surface area contributed by atoms with E-state index >= 15 is 0 Å². The second-order valence-electron chi connectivity index (χ2n) is 2.45. The Morgan fingerprint density at radius 1 is 1.57 bits per heavy atom. The SMILES string of the molecule is O=Cc1cc(C(F)F)c(F)c(CCl)n1. The number of nitrogens with zero attached hydrogens (tertiary/aromatic N) is 1. The molecule has 0 aliphatic carbocycles. The van der Waals surface area contributed by atoms with Crippen LogP contribution in [0.4, 0.5) is 13.2 Å². The molecule has 0 saturated carbocycles. The smallest absolute Gasteiger partial charge is 0.266 e. The topological polar surface area (TPSA) is 30.0 Å². The summed E-state index contributed by atoms with van der Waals surface area (Å²) in [6, 6.07) is 0.711. The lowest BCUT2D eigenvalue weighted by atomic mass is 10.2. The first-order valence-electron chi connectivity index (χ1n) is 3.58. The molecule has 1 aromatic heterocycles. The fraction of sp³-hybridized carbons (Fsp3) is 0.250. The van der Waals surface area contributed by atoms with E-state index in [4.69, 9.17) is 11.6 Å². The molecular formula is C8H5ClF3NO. The molecule has 1 rings (SSSR count). The maximum absolute atomic E-state index is 13.1. The highest BCUT2D eigenvalue weighted by Gasteiger charge is 2.18. The normalized spacial score (nSPS) is 10.6. The minimum atomic E-state index is -2.99. The van der Waals surface area contributed by atoms with Gasteiger partial charge in [0, 0.05) is 0 Å². The molecule has 0 aromatic carbocycles. The van der Waals surface area contributed by atoms with Gasteiger partial charge in [-0.25, -0.2) is 18.2 Å². The van der Waals surface area contributed by atoms with Crippen LogP contribution in [0.1, 0.15) is 28.2 Å². The Kier molecular flexibility index (Phi) is 3.46. The zero-order valence-corrected chi connectivity index (χ0v) is 7.56. The van der Waals surface area contributed by atoms with Gasteiger partial charge in [-0.3, -0.25) is 4.79 Å². The van der Waals surface area contributed by atoms with E-state index in [1.807, 2.05) is 0 Å². The molecule has 6 heteroatoms. The van der Waals surface area contributed by atoms with Crippen LogP contribution in [0.3, 0.4) is 0 Å². The van der Waals surface area contributed by atoms with Crippen LogP contribution in [0.25, 0.3) is 0 Å². The van der Waals surface area contributed by atoms with Crippen molar-refractivity contribution in [1.82, 2.24) is 4.98 Å². The predicted molar refractivity (Wildman–Crippen MR) is 44.1 cm³/mol. The van der Waals surface area contributed by atoms with E-state index in [1.54, 1.807) is 0 Å². The van der Waals surface area contributed by atoms with Crippen LogP contribution in [0.2, 0.25) is 0 Å². The number of carbonyl (C=O) groups excluding carboxylic acids is 1. The Morgan fingerprint density at radius 3 is 2.64 bits per heavy atom. The summed E-state index contributed by atoms with van der Waals surface area (Å²) in [6.07, 6.45) is -2.72. The molecular weight excluding hydrogens is 219 g/mol. The highest BCUT2D eigenvalue weighted by molar-refractivity contribution is 6.16. The number of rotatable bonds is 3.